The van der Waals surface area contributed by atoms with Crippen molar-refractivity contribution in [1.29, 1.82) is 0 Å². The molecule has 0 amide bonds. The van der Waals surface area contributed by atoms with Gasteiger partial charge in [-0.15, -0.1) is 0 Å². The first-order chi connectivity index (χ1) is 10.3. The van der Waals surface area contributed by atoms with Crippen molar-refractivity contribution in [3.05, 3.63) is 11.7 Å². The molecule has 1 aromatic heterocycles. The van der Waals surface area contributed by atoms with E-state index in [0.29, 0.717) is 5.82 Å². The Bertz CT molecular complexity index is 456. The van der Waals surface area contributed by atoms with Gasteiger partial charge in [-0.1, -0.05) is 25.4 Å². The van der Waals surface area contributed by atoms with Crippen molar-refractivity contribution in [2.45, 2.75) is 51.2 Å². The van der Waals surface area contributed by atoms with Crippen molar-refractivity contribution in [3.63, 3.8) is 0 Å². The first kappa shape index (κ1) is 14.9. The predicted octanol–water partition coefficient (Wildman–Crippen LogP) is 1.84. The molecular weight excluding hydrogens is 268 g/mol. The van der Waals surface area contributed by atoms with Crippen molar-refractivity contribution < 1.29 is 9.26 Å². The molecule has 0 spiro atoms. The fourth-order valence-electron chi connectivity index (χ4n) is 3.44. The fourth-order valence-corrected chi connectivity index (χ4v) is 3.44. The van der Waals surface area contributed by atoms with E-state index < -0.39 is 0 Å². The molecule has 3 heterocycles. The molecule has 21 heavy (non-hydrogen) atoms. The second-order valence-corrected chi connectivity index (χ2v) is 6.07. The first-order valence-electron chi connectivity index (χ1n) is 8.20. The summed E-state index contributed by atoms with van der Waals surface area (Å²) in [6.45, 7) is 9.00. The number of rotatable bonds is 5. The number of nitrogens with one attached hydrogen (secondary N) is 1. The highest BCUT2D eigenvalue weighted by Gasteiger charge is 2.40. The quantitative estimate of drug-likeness (QED) is 0.894. The van der Waals surface area contributed by atoms with Gasteiger partial charge in [0.2, 0.25) is 11.7 Å². The number of likely N-dealkylation sites (N-methyl/N-ethyl adjacent to an activating group) is 1. The Kier molecular flexibility index (Phi) is 4.57. The van der Waals surface area contributed by atoms with E-state index in [2.05, 4.69) is 34.2 Å². The lowest BCUT2D eigenvalue weighted by atomic mass is 9.92. The summed E-state index contributed by atoms with van der Waals surface area (Å²) >= 11 is 0. The molecule has 0 radical (unpaired) electrons. The number of aromatic nitrogens is 2. The van der Waals surface area contributed by atoms with Crippen LogP contribution in [0.3, 0.4) is 0 Å². The summed E-state index contributed by atoms with van der Waals surface area (Å²) in [5.74, 6) is 1.45. The summed E-state index contributed by atoms with van der Waals surface area (Å²) in [4.78, 5) is 7.04. The highest BCUT2D eigenvalue weighted by Crippen LogP contribution is 2.35. The van der Waals surface area contributed by atoms with Crippen molar-refractivity contribution in [1.82, 2.24) is 20.4 Å². The van der Waals surface area contributed by atoms with E-state index in [0.717, 1.165) is 57.9 Å². The molecule has 2 aliphatic heterocycles. The van der Waals surface area contributed by atoms with Gasteiger partial charge in [-0.05, 0) is 32.4 Å². The minimum Gasteiger partial charge on any atom is -0.367 e. The maximum absolute atomic E-state index is 5.82. The highest BCUT2D eigenvalue weighted by molar-refractivity contribution is 5.08. The number of hydrogen-bond donors (Lipinski definition) is 1. The molecule has 0 aromatic carbocycles. The summed E-state index contributed by atoms with van der Waals surface area (Å²) in [7, 11) is 0. The Morgan fingerprint density at radius 2 is 2.33 bits per heavy atom. The average molecular weight is 294 g/mol. The number of ether oxygens (including phenoxy) is 1. The van der Waals surface area contributed by atoms with E-state index >= 15 is 0 Å². The topological polar surface area (TPSA) is 63.4 Å². The van der Waals surface area contributed by atoms with E-state index in [1.54, 1.807) is 0 Å². The van der Waals surface area contributed by atoms with Crippen LogP contribution in [-0.4, -0.2) is 47.8 Å². The molecule has 0 bridgehead atoms. The Morgan fingerprint density at radius 3 is 3.05 bits per heavy atom. The monoisotopic (exact) mass is 294 g/mol. The molecule has 118 valence electrons. The summed E-state index contributed by atoms with van der Waals surface area (Å²) in [5, 5.41) is 7.78. The van der Waals surface area contributed by atoms with Gasteiger partial charge in [-0.2, -0.15) is 4.98 Å². The molecule has 2 atom stereocenters. The maximum Gasteiger partial charge on any atom is 0.247 e. The Labute approximate surface area is 126 Å². The van der Waals surface area contributed by atoms with Crippen LogP contribution in [0.2, 0.25) is 0 Å². The zero-order valence-electron chi connectivity index (χ0n) is 13.1. The molecular formula is C15H26N4O2. The smallest absolute Gasteiger partial charge is 0.247 e. The predicted molar refractivity (Wildman–Crippen MR) is 78.9 cm³/mol. The molecule has 2 unspecified atom stereocenters. The lowest BCUT2D eigenvalue weighted by molar-refractivity contribution is -0.0334. The van der Waals surface area contributed by atoms with Gasteiger partial charge in [0.25, 0.3) is 0 Å². The molecule has 2 saturated heterocycles. The van der Waals surface area contributed by atoms with E-state index in [9.17, 15) is 0 Å². The molecule has 6 nitrogen and oxygen atoms in total. The Balaban J connectivity index is 1.76. The largest absolute Gasteiger partial charge is 0.367 e. The fraction of sp³-hybridized carbons (Fsp3) is 0.867. The van der Waals surface area contributed by atoms with Gasteiger partial charge in [-0.25, -0.2) is 0 Å². The minimum atomic E-state index is -0.112. The van der Waals surface area contributed by atoms with Gasteiger partial charge in [0.05, 0.1) is 12.1 Å². The summed E-state index contributed by atoms with van der Waals surface area (Å²) < 4.78 is 11.4. The van der Waals surface area contributed by atoms with Crippen molar-refractivity contribution in [2.75, 3.05) is 32.8 Å². The number of hydrogen-bond acceptors (Lipinski definition) is 6. The third-order valence-corrected chi connectivity index (χ3v) is 4.66. The van der Waals surface area contributed by atoms with Crippen LogP contribution >= 0.6 is 0 Å². The normalized spacial score (nSPS) is 30.9. The zero-order chi connectivity index (χ0) is 14.7. The van der Waals surface area contributed by atoms with Crippen LogP contribution in [0, 0.1) is 0 Å². The molecule has 0 aliphatic carbocycles. The second kappa shape index (κ2) is 6.42. The zero-order valence-corrected chi connectivity index (χ0v) is 13.1. The summed E-state index contributed by atoms with van der Waals surface area (Å²) in [6.07, 6.45) is 4.34. The van der Waals surface area contributed by atoms with Crippen LogP contribution < -0.4 is 5.32 Å². The van der Waals surface area contributed by atoms with E-state index in [-0.39, 0.29) is 11.6 Å². The Hall–Kier alpha value is -0.980. The third kappa shape index (κ3) is 2.98. The van der Waals surface area contributed by atoms with Crippen molar-refractivity contribution >= 4 is 0 Å². The van der Waals surface area contributed by atoms with Crippen LogP contribution in [-0.2, 0) is 10.3 Å². The molecule has 1 aromatic rings. The number of morpholine rings is 1. The van der Waals surface area contributed by atoms with Crippen LogP contribution in [0.15, 0.2) is 4.52 Å². The van der Waals surface area contributed by atoms with Crippen molar-refractivity contribution in [2.24, 2.45) is 0 Å². The molecule has 6 heteroatoms. The molecule has 1 N–H and O–H groups in total. The van der Waals surface area contributed by atoms with Crippen molar-refractivity contribution in [3.8, 4) is 0 Å². The van der Waals surface area contributed by atoms with Crippen LogP contribution in [0.5, 0.6) is 0 Å². The van der Waals surface area contributed by atoms with Gasteiger partial charge in [-0.3, -0.25) is 4.90 Å². The second-order valence-electron chi connectivity index (χ2n) is 6.07. The van der Waals surface area contributed by atoms with Crippen LogP contribution in [0.25, 0.3) is 0 Å². The summed E-state index contributed by atoms with van der Waals surface area (Å²) in [5.41, 5.74) is -0.112. The van der Waals surface area contributed by atoms with E-state index in [1.165, 1.54) is 6.42 Å². The van der Waals surface area contributed by atoms with Gasteiger partial charge in [0.15, 0.2) is 0 Å². The highest BCUT2D eigenvalue weighted by atomic mass is 16.5. The van der Waals surface area contributed by atoms with E-state index in [4.69, 9.17) is 9.26 Å². The number of nitrogens with zero attached hydrogens (tertiary/aromatic N) is 3. The summed E-state index contributed by atoms with van der Waals surface area (Å²) in [6, 6.07) is 0. The molecule has 3 rings (SSSR count). The molecule has 2 aliphatic rings. The average Bonchev–Trinajstić information content (AvgIpc) is 3.17. The lowest BCUT2D eigenvalue weighted by Crippen LogP contribution is -2.39. The van der Waals surface area contributed by atoms with E-state index in [1.807, 2.05) is 0 Å². The standard InChI is InChI=1S/C15H26N4O2/c1-3-6-15(7-5-8-16-15)14-17-13(18-21-14)12-11-19(4-2)9-10-20-12/h12,16H,3-11H2,1-2H3. The van der Waals surface area contributed by atoms with Gasteiger partial charge >= 0.3 is 0 Å². The molecule has 0 saturated carbocycles. The Morgan fingerprint density at radius 1 is 1.43 bits per heavy atom. The third-order valence-electron chi connectivity index (χ3n) is 4.66. The van der Waals surface area contributed by atoms with Crippen LogP contribution in [0.1, 0.15) is 57.3 Å². The SMILES string of the molecule is CCCC1(c2nc(C3CN(CC)CCO3)no2)CCCN1. The minimum absolute atomic E-state index is 0.0590. The molecule has 2 fully saturated rings. The first-order valence-corrected chi connectivity index (χ1v) is 8.20. The van der Waals surface area contributed by atoms with Gasteiger partial charge in [0.1, 0.15) is 6.10 Å². The lowest BCUT2D eigenvalue weighted by Gasteiger charge is -2.30. The van der Waals surface area contributed by atoms with Gasteiger partial charge < -0.3 is 14.6 Å². The van der Waals surface area contributed by atoms with Gasteiger partial charge in [0, 0.05) is 13.1 Å². The van der Waals surface area contributed by atoms with Crippen LogP contribution in [0.4, 0.5) is 0 Å². The maximum atomic E-state index is 5.82.